The summed E-state index contributed by atoms with van der Waals surface area (Å²) in [4.78, 5) is 52.1. The van der Waals surface area contributed by atoms with Gasteiger partial charge in [0, 0.05) is 22.9 Å². The number of imide groups is 1. The SMILES string of the molecule is O=C(CN1C(=O)[C@@H]2[C@@H](C1=O)C1(Cl)c3ccccc3C2(Cl)c2ccccc21)O[C@@H](CCCl)C(=O)c1ccc(Cl)cc1. The molecule has 10 heteroatoms. The van der Waals surface area contributed by atoms with Crippen LogP contribution in [0.1, 0.15) is 39.0 Å². The lowest BCUT2D eigenvalue weighted by Gasteiger charge is -2.54. The molecule has 3 atom stereocenters. The molecule has 2 bridgehead atoms. The highest BCUT2D eigenvalue weighted by Crippen LogP contribution is 2.69. The Balaban J connectivity index is 1.31. The summed E-state index contributed by atoms with van der Waals surface area (Å²) >= 11 is 26.6. The number of hydrogen-bond donors (Lipinski definition) is 0. The Bertz CT molecular complexity index is 1450. The van der Waals surface area contributed by atoms with Gasteiger partial charge in [0.25, 0.3) is 0 Å². The molecule has 0 saturated carbocycles. The number of esters is 1. The summed E-state index contributed by atoms with van der Waals surface area (Å²) < 4.78 is 5.47. The molecule has 6 nitrogen and oxygen atoms in total. The predicted octanol–water partition coefficient (Wildman–Crippen LogP) is 5.66. The van der Waals surface area contributed by atoms with E-state index in [1.54, 1.807) is 12.1 Å². The number of carbonyl (C=O) groups excluding carboxylic acids is 4. The number of amides is 2. The highest BCUT2D eigenvalue weighted by atomic mass is 35.5. The fourth-order valence-electron chi connectivity index (χ4n) is 6.35. The molecule has 4 aliphatic rings. The second kappa shape index (κ2) is 9.88. The minimum Gasteiger partial charge on any atom is -0.453 e. The van der Waals surface area contributed by atoms with E-state index in [2.05, 4.69) is 0 Å². The summed E-state index contributed by atoms with van der Waals surface area (Å²) in [5.41, 5.74) is 2.92. The van der Waals surface area contributed by atoms with Crippen LogP contribution in [-0.4, -0.2) is 47.0 Å². The Morgan fingerprint density at radius 3 is 1.68 bits per heavy atom. The van der Waals surface area contributed by atoms with Crippen LogP contribution in [0.2, 0.25) is 5.02 Å². The van der Waals surface area contributed by atoms with Crippen molar-refractivity contribution in [3.63, 3.8) is 0 Å². The Morgan fingerprint density at radius 2 is 1.25 bits per heavy atom. The van der Waals surface area contributed by atoms with E-state index >= 15 is 0 Å². The van der Waals surface area contributed by atoms with Crippen LogP contribution in [-0.2, 0) is 28.9 Å². The fraction of sp³-hybridized carbons (Fsp3) is 0.267. The summed E-state index contributed by atoms with van der Waals surface area (Å²) in [5.74, 6) is -4.66. The van der Waals surface area contributed by atoms with E-state index in [1.165, 1.54) is 12.1 Å². The van der Waals surface area contributed by atoms with Crippen molar-refractivity contribution in [3.8, 4) is 0 Å². The lowest BCUT2D eigenvalue weighted by atomic mass is 9.54. The van der Waals surface area contributed by atoms with Gasteiger partial charge in [0.15, 0.2) is 6.10 Å². The van der Waals surface area contributed by atoms with Gasteiger partial charge in [-0.25, -0.2) is 0 Å². The Kier molecular flexibility index (Phi) is 6.74. The lowest BCUT2D eigenvalue weighted by Crippen LogP contribution is -2.57. The first-order valence-corrected chi connectivity index (χ1v) is 14.3. The molecule has 40 heavy (non-hydrogen) atoms. The summed E-state index contributed by atoms with van der Waals surface area (Å²) in [7, 11) is 0. The molecule has 0 N–H and O–H groups in total. The minimum atomic E-state index is -1.36. The standard InChI is InChI=1S/C30H21Cl4NO5/c31-14-13-22(26(37)16-9-11-17(32)12-10-16)40-23(36)15-35-27(38)24-25(28(35)39)30(34)19-6-2-1-5-18(19)29(24,33)20-7-3-4-8-21(20)30/h1-12,22,24-25H,13-15H2/t22-,24-,25-,29?,30?/m0/s1. The zero-order valence-electron chi connectivity index (χ0n) is 20.8. The summed E-state index contributed by atoms with van der Waals surface area (Å²) in [6.07, 6.45) is -1.16. The minimum absolute atomic E-state index is 0.0437. The van der Waals surface area contributed by atoms with Crippen LogP contribution in [0, 0.1) is 11.8 Å². The molecular weight excluding hydrogens is 596 g/mol. The van der Waals surface area contributed by atoms with Crippen molar-refractivity contribution in [3.05, 3.63) is 106 Å². The lowest BCUT2D eigenvalue weighted by molar-refractivity contribution is -0.155. The number of nitrogens with zero attached hydrogens (tertiary/aromatic N) is 1. The monoisotopic (exact) mass is 615 g/mol. The van der Waals surface area contributed by atoms with Gasteiger partial charge in [0.2, 0.25) is 17.6 Å². The van der Waals surface area contributed by atoms with E-state index in [-0.39, 0.29) is 17.9 Å². The van der Waals surface area contributed by atoms with Gasteiger partial charge in [-0.2, -0.15) is 0 Å². The van der Waals surface area contributed by atoms with E-state index in [0.29, 0.717) is 27.3 Å². The van der Waals surface area contributed by atoms with Crippen molar-refractivity contribution >= 4 is 70.0 Å². The molecule has 0 radical (unpaired) electrons. The molecule has 1 saturated heterocycles. The Morgan fingerprint density at radius 1 is 0.800 bits per heavy atom. The van der Waals surface area contributed by atoms with Crippen LogP contribution in [0.15, 0.2) is 72.8 Å². The first-order valence-electron chi connectivity index (χ1n) is 12.6. The maximum atomic E-state index is 13.9. The summed E-state index contributed by atoms with van der Waals surface area (Å²) in [6.45, 7) is -0.690. The number of Topliss-reactive ketones (excluding diaryl/α,β-unsaturated/α-hetero) is 1. The van der Waals surface area contributed by atoms with E-state index in [0.717, 1.165) is 4.90 Å². The van der Waals surface area contributed by atoms with Crippen LogP contribution in [0.5, 0.6) is 0 Å². The third-order valence-electron chi connectivity index (χ3n) is 8.03. The Labute approximate surface area is 250 Å². The maximum Gasteiger partial charge on any atom is 0.326 e. The molecule has 0 spiro atoms. The molecule has 3 aliphatic carbocycles. The molecular formula is C30H21Cl4NO5. The number of likely N-dealkylation sites (tertiary alicyclic amines) is 1. The maximum absolute atomic E-state index is 13.9. The Hall–Kier alpha value is -2.90. The van der Waals surface area contributed by atoms with E-state index in [4.69, 9.17) is 51.1 Å². The molecule has 2 amide bonds. The number of ketones is 1. The van der Waals surface area contributed by atoms with Crippen molar-refractivity contribution < 1.29 is 23.9 Å². The smallest absolute Gasteiger partial charge is 0.326 e. The molecule has 0 unspecified atom stereocenters. The number of halogens is 4. The fourth-order valence-corrected chi connectivity index (χ4v) is 7.77. The summed E-state index contributed by atoms with van der Waals surface area (Å²) in [5, 5.41) is 0.447. The average molecular weight is 617 g/mol. The average Bonchev–Trinajstić information content (AvgIpc) is 3.21. The first kappa shape index (κ1) is 27.3. The quantitative estimate of drug-likeness (QED) is 0.148. The van der Waals surface area contributed by atoms with Crippen LogP contribution < -0.4 is 0 Å². The van der Waals surface area contributed by atoms with Crippen molar-refractivity contribution in [2.24, 2.45) is 11.8 Å². The molecule has 3 aromatic carbocycles. The number of alkyl halides is 3. The zero-order valence-corrected chi connectivity index (χ0v) is 23.8. The highest BCUT2D eigenvalue weighted by molar-refractivity contribution is 6.36. The number of benzene rings is 3. The number of ether oxygens (including phenoxy) is 1. The third-order valence-corrected chi connectivity index (χ3v) is 9.78. The first-order chi connectivity index (χ1) is 19.1. The predicted molar refractivity (Wildman–Crippen MR) is 151 cm³/mol. The molecule has 3 aromatic rings. The largest absolute Gasteiger partial charge is 0.453 e. The van der Waals surface area contributed by atoms with Crippen LogP contribution in [0.3, 0.4) is 0 Å². The van der Waals surface area contributed by atoms with E-state index in [9.17, 15) is 19.2 Å². The van der Waals surface area contributed by atoms with Crippen molar-refractivity contribution in [1.29, 1.82) is 0 Å². The van der Waals surface area contributed by atoms with Gasteiger partial charge in [-0.15, -0.1) is 34.8 Å². The van der Waals surface area contributed by atoms with Gasteiger partial charge in [-0.05, 0) is 46.5 Å². The normalized spacial score (nSPS) is 26.6. The molecule has 1 fully saturated rings. The molecule has 0 aromatic heterocycles. The van der Waals surface area contributed by atoms with Crippen LogP contribution in [0.4, 0.5) is 0 Å². The zero-order chi connectivity index (χ0) is 28.4. The molecule has 7 rings (SSSR count). The van der Waals surface area contributed by atoms with Gasteiger partial charge in [-0.3, -0.25) is 24.1 Å². The molecule has 204 valence electrons. The second-order valence-corrected chi connectivity index (χ2v) is 12.1. The third kappa shape index (κ3) is 3.77. The van der Waals surface area contributed by atoms with E-state index in [1.807, 2.05) is 48.5 Å². The van der Waals surface area contributed by atoms with Crippen LogP contribution >= 0.6 is 46.4 Å². The number of hydrogen-bond acceptors (Lipinski definition) is 5. The van der Waals surface area contributed by atoms with Gasteiger partial charge >= 0.3 is 5.97 Å². The van der Waals surface area contributed by atoms with Gasteiger partial charge in [0.1, 0.15) is 16.3 Å². The highest BCUT2D eigenvalue weighted by Gasteiger charge is 2.73. The molecule has 1 heterocycles. The van der Waals surface area contributed by atoms with Crippen molar-refractivity contribution in [2.75, 3.05) is 12.4 Å². The molecule has 1 aliphatic heterocycles. The topological polar surface area (TPSA) is 80.8 Å². The number of rotatable bonds is 7. The van der Waals surface area contributed by atoms with Gasteiger partial charge in [0.05, 0.1) is 11.8 Å². The van der Waals surface area contributed by atoms with Crippen LogP contribution in [0.25, 0.3) is 0 Å². The van der Waals surface area contributed by atoms with Crippen molar-refractivity contribution in [2.45, 2.75) is 22.3 Å². The van der Waals surface area contributed by atoms with Crippen molar-refractivity contribution in [1.82, 2.24) is 4.90 Å². The van der Waals surface area contributed by atoms with Gasteiger partial charge in [-0.1, -0.05) is 60.1 Å². The van der Waals surface area contributed by atoms with Gasteiger partial charge < -0.3 is 4.74 Å². The number of carbonyl (C=O) groups is 4. The van der Waals surface area contributed by atoms with E-state index < -0.39 is 57.8 Å². The second-order valence-electron chi connectivity index (χ2n) is 10.1. The summed E-state index contributed by atoms with van der Waals surface area (Å²) in [6, 6.07) is 20.7.